The predicted molar refractivity (Wildman–Crippen MR) is 94.8 cm³/mol. The average Bonchev–Trinajstić information content (AvgIpc) is 3.15. The van der Waals surface area contributed by atoms with Gasteiger partial charge in [0.2, 0.25) is 0 Å². The van der Waals surface area contributed by atoms with Crippen molar-refractivity contribution in [1.29, 1.82) is 0 Å². The third-order valence-corrected chi connectivity index (χ3v) is 3.91. The molecule has 0 unspecified atom stereocenters. The van der Waals surface area contributed by atoms with Crippen LogP contribution in [0, 0.1) is 0 Å². The fraction of sp³-hybridized carbons (Fsp3) is 0.278. The number of nitrogens with two attached hydrogens (primary N) is 1. The zero-order valence-corrected chi connectivity index (χ0v) is 13.8. The summed E-state index contributed by atoms with van der Waals surface area (Å²) in [6.07, 6.45) is 3.91. The van der Waals surface area contributed by atoms with Gasteiger partial charge in [0, 0.05) is 31.0 Å². The lowest BCUT2D eigenvalue weighted by Gasteiger charge is -2.19. The molecule has 7 heteroatoms. The van der Waals surface area contributed by atoms with E-state index < -0.39 is 5.91 Å². The summed E-state index contributed by atoms with van der Waals surface area (Å²) in [4.78, 5) is 30.0. The molecule has 0 aliphatic carbocycles. The van der Waals surface area contributed by atoms with Crippen molar-refractivity contribution >= 4 is 23.3 Å². The maximum atomic E-state index is 12.7. The number of rotatable bonds is 6. The molecule has 25 heavy (non-hydrogen) atoms. The van der Waals surface area contributed by atoms with Gasteiger partial charge in [-0.2, -0.15) is 0 Å². The van der Waals surface area contributed by atoms with Crippen molar-refractivity contribution in [2.75, 3.05) is 29.9 Å². The minimum absolute atomic E-state index is 0.209. The minimum Gasteiger partial charge on any atom is -0.484 e. The van der Waals surface area contributed by atoms with Gasteiger partial charge >= 0.3 is 0 Å². The third-order valence-electron chi connectivity index (χ3n) is 3.91. The number of anilines is 2. The van der Waals surface area contributed by atoms with Crippen LogP contribution >= 0.6 is 0 Å². The number of aromatic nitrogens is 1. The highest BCUT2D eigenvalue weighted by molar-refractivity contribution is 6.07. The van der Waals surface area contributed by atoms with Gasteiger partial charge in [-0.25, -0.2) is 4.98 Å². The Hall–Kier alpha value is -3.09. The smallest absolute Gasteiger partial charge is 0.259 e. The number of amides is 2. The lowest BCUT2D eigenvalue weighted by molar-refractivity contribution is -0.119. The van der Waals surface area contributed by atoms with E-state index in [9.17, 15) is 9.59 Å². The largest absolute Gasteiger partial charge is 0.484 e. The van der Waals surface area contributed by atoms with Crippen molar-refractivity contribution in [3.63, 3.8) is 0 Å². The van der Waals surface area contributed by atoms with E-state index in [2.05, 4.69) is 15.2 Å². The van der Waals surface area contributed by atoms with Gasteiger partial charge < -0.3 is 20.7 Å². The molecule has 1 aliphatic heterocycles. The highest BCUT2D eigenvalue weighted by Crippen LogP contribution is 2.24. The summed E-state index contributed by atoms with van der Waals surface area (Å²) >= 11 is 0. The summed E-state index contributed by atoms with van der Waals surface area (Å²) < 4.78 is 5.25. The van der Waals surface area contributed by atoms with Crippen LogP contribution in [0.2, 0.25) is 0 Å². The Morgan fingerprint density at radius 2 is 2.00 bits per heavy atom. The quantitative estimate of drug-likeness (QED) is 0.835. The summed E-state index contributed by atoms with van der Waals surface area (Å²) in [5.41, 5.74) is 6.17. The molecule has 1 aromatic carbocycles. The summed E-state index contributed by atoms with van der Waals surface area (Å²) in [7, 11) is 0. The summed E-state index contributed by atoms with van der Waals surface area (Å²) in [5, 5.41) is 2.85. The number of nitrogens with one attached hydrogen (secondary N) is 1. The number of carbonyl (C=O) groups is 2. The van der Waals surface area contributed by atoms with Crippen LogP contribution in [0.1, 0.15) is 23.2 Å². The first-order valence-electron chi connectivity index (χ1n) is 8.16. The van der Waals surface area contributed by atoms with E-state index in [0.717, 1.165) is 25.9 Å². The fourth-order valence-electron chi connectivity index (χ4n) is 2.77. The van der Waals surface area contributed by atoms with Gasteiger partial charge in [-0.3, -0.25) is 9.59 Å². The molecule has 1 aliphatic rings. The fourth-order valence-corrected chi connectivity index (χ4v) is 2.77. The maximum Gasteiger partial charge on any atom is 0.259 e. The Morgan fingerprint density at radius 1 is 1.20 bits per heavy atom. The Kier molecular flexibility index (Phi) is 5.13. The highest BCUT2D eigenvalue weighted by atomic mass is 16.5. The topological polar surface area (TPSA) is 97.6 Å². The second kappa shape index (κ2) is 7.65. The normalized spacial score (nSPS) is 13.5. The second-order valence-electron chi connectivity index (χ2n) is 5.81. The molecule has 1 fully saturated rings. The van der Waals surface area contributed by atoms with Crippen molar-refractivity contribution in [2.24, 2.45) is 5.73 Å². The molecule has 0 spiro atoms. The number of primary amides is 1. The van der Waals surface area contributed by atoms with Crippen molar-refractivity contribution in [3.8, 4) is 5.75 Å². The van der Waals surface area contributed by atoms with Gasteiger partial charge in [-0.1, -0.05) is 6.07 Å². The van der Waals surface area contributed by atoms with E-state index in [-0.39, 0.29) is 12.5 Å². The number of nitrogens with zero attached hydrogens (tertiary/aromatic N) is 2. The van der Waals surface area contributed by atoms with E-state index in [1.165, 1.54) is 0 Å². The van der Waals surface area contributed by atoms with Crippen molar-refractivity contribution in [3.05, 3.63) is 48.2 Å². The van der Waals surface area contributed by atoms with Crippen molar-refractivity contribution < 1.29 is 14.3 Å². The lowest BCUT2D eigenvalue weighted by atomic mass is 10.2. The van der Waals surface area contributed by atoms with Crippen molar-refractivity contribution in [2.45, 2.75) is 12.8 Å². The van der Waals surface area contributed by atoms with Gasteiger partial charge in [-0.05, 0) is 37.1 Å². The summed E-state index contributed by atoms with van der Waals surface area (Å²) in [5.74, 6) is 0.378. The first-order valence-corrected chi connectivity index (χ1v) is 8.16. The molecule has 3 N–H and O–H groups in total. The van der Waals surface area contributed by atoms with Crippen LogP contribution in [0.4, 0.5) is 11.5 Å². The number of hydrogen-bond acceptors (Lipinski definition) is 5. The predicted octanol–water partition coefficient (Wildman–Crippen LogP) is 1.80. The zero-order valence-electron chi connectivity index (χ0n) is 13.8. The van der Waals surface area contributed by atoms with Crippen LogP contribution in [0.5, 0.6) is 5.75 Å². The number of ether oxygens (including phenoxy) is 1. The van der Waals surface area contributed by atoms with Gasteiger partial charge in [-0.15, -0.1) is 0 Å². The molecule has 0 atom stereocenters. The van der Waals surface area contributed by atoms with Gasteiger partial charge in [0.05, 0.1) is 5.56 Å². The Labute approximate surface area is 145 Å². The summed E-state index contributed by atoms with van der Waals surface area (Å²) in [6.45, 7) is 1.61. The highest BCUT2D eigenvalue weighted by Gasteiger charge is 2.20. The summed E-state index contributed by atoms with van der Waals surface area (Å²) in [6, 6.07) is 10.3. The van der Waals surface area contributed by atoms with E-state index in [1.54, 1.807) is 42.6 Å². The average molecular weight is 340 g/mol. The van der Waals surface area contributed by atoms with E-state index in [0.29, 0.717) is 22.8 Å². The van der Waals surface area contributed by atoms with Crippen molar-refractivity contribution in [1.82, 2.24) is 4.98 Å². The number of benzene rings is 1. The van der Waals surface area contributed by atoms with E-state index in [1.807, 2.05) is 0 Å². The van der Waals surface area contributed by atoms with Gasteiger partial charge in [0.25, 0.3) is 11.8 Å². The van der Waals surface area contributed by atoms with Crippen LogP contribution in [0.15, 0.2) is 42.6 Å². The number of pyridine rings is 1. The molecule has 2 heterocycles. The van der Waals surface area contributed by atoms with Crippen LogP contribution in [-0.4, -0.2) is 36.5 Å². The molecule has 3 rings (SSSR count). The first-order chi connectivity index (χ1) is 12.1. The molecule has 130 valence electrons. The number of carbonyl (C=O) groups excluding carboxylic acids is 2. The first kappa shape index (κ1) is 16.8. The Morgan fingerprint density at radius 3 is 2.76 bits per heavy atom. The Bertz CT molecular complexity index is 772. The molecular formula is C18H20N4O3. The molecular weight excluding hydrogens is 320 g/mol. The minimum atomic E-state index is -0.556. The lowest BCUT2D eigenvalue weighted by Crippen LogP contribution is -2.24. The van der Waals surface area contributed by atoms with Crippen LogP contribution in [0.25, 0.3) is 0 Å². The molecule has 1 aromatic heterocycles. The standard InChI is InChI=1S/C18H20N4O3/c19-16(23)12-25-14-6-3-5-13(11-14)21-18(24)15-7-4-8-20-17(15)22-9-1-2-10-22/h3-8,11H,1-2,9-10,12H2,(H2,19,23)(H,21,24). The maximum absolute atomic E-state index is 12.7. The second-order valence-corrected chi connectivity index (χ2v) is 5.81. The van der Waals surface area contributed by atoms with Crippen LogP contribution in [0.3, 0.4) is 0 Å². The van der Waals surface area contributed by atoms with E-state index in [4.69, 9.17) is 10.5 Å². The monoisotopic (exact) mass is 340 g/mol. The molecule has 0 bridgehead atoms. The van der Waals surface area contributed by atoms with Gasteiger partial charge in [0.15, 0.2) is 6.61 Å². The molecule has 2 amide bonds. The third kappa shape index (κ3) is 4.26. The van der Waals surface area contributed by atoms with Crippen LogP contribution < -0.4 is 20.7 Å². The van der Waals surface area contributed by atoms with Gasteiger partial charge in [0.1, 0.15) is 11.6 Å². The molecule has 1 saturated heterocycles. The van der Waals surface area contributed by atoms with Crippen LogP contribution in [-0.2, 0) is 4.79 Å². The molecule has 2 aromatic rings. The zero-order chi connectivity index (χ0) is 17.6. The molecule has 0 radical (unpaired) electrons. The molecule has 0 saturated carbocycles. The molecule has 7 nitrogen and oxygen atoms in total. The number of hydrogen-bond donors (Lipinski definition) is 2. The Balaban J connectivity index is 1.74. The SMILES string of the molecule is NC(=O)COc1cccc(NC(=O)c2cccnc2N2CCCC2)c1. The van der Waals surface area contributed by atoms with E-state index >= 15 is 0 Å².